The summed E-state index contributed by atoms with van der Waals surface area (Å²) in [6.07, 6.45) is 3.42. The number of hydrogen-bond acceptors (Lipinski definition) is 5. The van der Waals surface area contributed by atoms with Gasteiger partial charge in [0.15, 0.2) is 0 Å². The van der Waals surface area contributed by atoms with Gasteiger partial charge in [-0.1, -0.05) is 30.3 Å². The fourth-order valence-electron chi connectivity index (χ4n) is 2.90. The molecule has 0 spiro atoms. The van der Waals surface area contributed by atoms with Crippen molar-refractivity contribution in [3.8, 4) is 0 Å². The summed E-state index contributed by atoms with van der Waals surface area (Å²) < 4.78 is 4.69. The Morgan fingerprint density at radius 2 is 2.13 bits per heavy atom. The van der Waals surface area contributed by atoms with Crippen molar-refractivity contribution in [3.05, 3.63) is 46.2 Å². The van der Waals surface area contributed by atoms with Crippen LogP contribution in [0.4, 0.5) is 11.4 Å². The number of thiophene rings is 1. The molecular formula is C18H22N2O2S. The van der Waals surface area contributed by atoms with Crippen molar-refractivity contribution >= 4 is 28.7 Å². The maximum absolute atomic E-state index is 11.2. The van der Waals surface area contributed by atoms with Gasteiger partial charge < -0.3 is 15.0 Å². The van der Waals surface area contributed by atoms with E-state index >= 15 is 0 Å². The zero-order valence-electron chi connectivity index (χ0n) is 13.4. The number of unbranched alkanes of at least 4 members (excludes halogenated alkanes) is 1. The van der Waals surface area contributed by atoms with Gasteiger partial charge in [-0.15, -0.1) is 11.3 Å². The first kappa shape index (κ1) is 15.9. The molecule has 0 amide bonds. The van der Waals surface area contributed by atoms with E-state index in [0.29, 0.717) is 6.42 Å². The largest absolute Gasteiger partial charge is 0.469 e. The predicted molar refractivity (Wildman–Crippen MR) is 95.0 cm³/mol. The lowest BCUT2D eigenvalue weighted by atomic mass is 10.1. The molecule has 23 heavy (non-hydrogen) atoms. The molecule has 0 atom stereocenters. The average molecular weight is 330 g/mol. The number of methoxy groups -OCH3 is 1. The van der Waals surface area contributed by atoms with Crippen LogP contribution >= 0.6 is 11.3 Å². The van der Waals surface area contributed by atoms with Crippen molar-refractivity contribution < 1.29 is 9.53 Å². The topological polar surface area (TPSA) is 41.6 Å². The molecule has 1 aromatic carbocycles. The van der Waals surface area contributed by atoms with E-state index in [0.717, 1.165) is 32.5 Å². The van der Waals surface area contributed by atoms with Gasteiger partial charge in [0.05, 0.1) is 25.2 Å². The number of ether oxygens (including phenoxy) is 1. The highest BCUT2D eigenvalue weighted by Crippen LogP contribution is 2.41. The number of esters is 1. The predicted octanol–water partition coefficient (Wildman–Crippen LogP) is 4.02. The van der Waals surface area contributed by atoms with Gasteiger partial charge in [-0.2, -0.15) is 0 Å². The van der Waals surface area contributed by atoms with Gasteiger partial charge in [-0.25, -0.2) is 0 Å². The Labute approximate surface area is 141 Å². The van der Waals surface area contributed by atoms with Crippen LogP contribution in [0.25, 0.3) is 0 Å². The van der Waals surface area contributed by atoms with Crippen LogP contribution in [0.15, 0.2) is 35.7 Å². The van der Waals surface area contributed by atoms with Gasteiger partial charge in [0.1, 0.15) is 0 Å². The van der Waals surface area contributed by atoms with Gasteiger partial charge in [0.25, 0.3) is 0 Å². The molecule has 1 aliphatic heterocycles. The number of rotatable bonds is 7. The van der Waals surface area contributed by atoms with Crippen LogP contribution in [0, 0.1) is 0 Å². The zero-order chi connectivity index (χ0) is 16.1. The van der Waals surface area contributed by atoms with Gasteiger partial charge >= 0.3 is 5.97 Å². The number of carbonyl (C=O) groups is 1. The molecule has 3 rings (SSSR count). The molecule has 5 heteroatoms. The van der Waals surface area contributed by atoms with Crippen LogP contribution in [0.5, 0.6) is 0 Å². The highest BCUT2D eigenvalue weighted by molar-refractivity contribution is 7.11. The summed E-state index contributed by atoms with van der Waals surface area (Å²) in [5.74, 6) is -0.117. The second-order valence-corrected chi connectivity index (χ2v) is 6.69. The third-order valence-corrected chi connectivity index (χ3v) is 5.13. The van der Waals surface area contributed by atoms with Crippen LogP contribution in [-0.2, 0) is 22.5 Å². The molecule has 0 bridgehead atoms. The van der Waals surface area contributed by atoms with Gasteiger partial charge in [0, 0.05) is 23.2 Å². The molecule has 0 fully saturated rings. The van der Waals surface area contributed by atoms with Crippen molar-refractivity contribution in [2.75, 3.05) is 24.0 Å². The number of fused-ring (bicyclic) bond motifs is 1. The van der Waals surface area contributed by atoms with E-state index in [-0.39, 0.29) is 5.97 Å². The normalized spacial score (nSPS) is 12.8. The summed E-state index contributed by atoms with van der Waals surface area (Å²) >= 11 is 1.81. The van der Waals surface area contributed by atoms with Crippen LogP contribution in [0.1, 0.15) is 29.7 Å². The second-order valence-electron chi connectivity index (χ2n) is 5.72. The van der Waals surface area contributed by atoms with Crippen LogP contribution in [-0.4, -0.2) is 19.7 Å². The van der Waals surface area contributed by atoms with Crippen molar-refractivity contribution in [2.24, 2.45) is 0 Å². The van der Waals surface area contributed by atoms with Crippen LogP contribution in [0.2, 0.25) is 0 Å². The number of carbonyl (C=O) groups excluding carboxylic acids is 1. The highest BCUT2D eigenvalue weighted by atomic mass is 32.1. The lowest BCUT2D eigenvalue weighted by Crippen LogP contribution is -2.22. The van der Waals surface area contributed by atoms with E-state index in [1.807, 2.05) is 11.3 Å². The number of nitrogens with one attached hydrogen (secondary N) is 1. The van der Waals surface area contributed by atoms with E-state index < -0.39 is 0 Å². The number of benzene rings is 1. The van der Waals surface area contributed by atoms with E-state index in [1.54, 1.807) is 0 Å². The van der Waals surface area contributed by atoms with Crippen molar-refractivity contribution in [1.82, 2.24) is 0 Å². The molecule has 4 nitrogen and oxygen atoms in total. The molecule has 0 unspecified atom stereocenters. The minimum absolute atomic E-state index is 0.117. The Bertz CT molecular complexity index is 654. The third kappa shape index (κ3) is 3.85. The Kier molecular flexibility index (Phi) is 5.18. The van der Waals surface area contributed by atoms with E-state index in [2.05, 4.69) is 45.9 Å². The molecule has 0 saturated carbocycles. The Hall–Kier alpha value is -2.01. The average Bonchev–Trinajstić information content (AvgIpc) is 3.16. The minimum Gasteiger partial charge on any atom is -0.469 e. The fourth-order valence-corrected chi connectivity index (χ4v) is 3.96. The van der Waals surface area contributed by atoms with Crippen molar-refractivity contribution in [1.29, 1.82) is 0 Å². The molecule has 1 aliphatic rings. The summed E-state index contributed by atoms with van der Waals surface area (Å²) in [4.78, 5) is 15.0. The molecule has 0 radical (unpaired) electrons. The van der Waals surface area contributed by atoms with Crippen LogP contribution in [0.3, 0.4) is 0 Å². The monoisotopic (exact) mass is 330 g/mol. The first-order valence-corrected chi connectivity index (χ1v) is 8.86. The summed E-state index contributed by atoms with van der Waals surface area (Å²) in [5, 5.41) is 5.68. The maximum Gasteiger partial charge on any atom is 0.305 e. The Morgan fingerprint density at radius 3 is 2.91 bits per heavy atom. The lowest BCUT2D eigenvalue weighted by molar-refractivity contribution is -0.140. The van der Waals surface area contributed by atoms with Crippen molar-refractivity contribution in [3.63, 3.8) is 0 Å². The van der Waals surface area contributed by atoms with E-state index in [1.165, 1.54) is 28.9 Å². The molecule has 0 aliphatic carbocycles. The standard InChI is InChI=1S/C18H22N2O2S/c1-22-17(21)10-6-5-9-16-18-15(12-23-16)19-13-20(18)11-14-7-3-2-4-8-14/h2-4,7-8,12,19H,5-6,9-11,13H2,1H3. The number of hydrogen-bond donors (Lipinski definition) is 1. The maximum atomic E-state index is 11.2. The minimum atomic E-state index is -0.117. The molecule has 1 N–H and O–H groups in total. The smallest absolute Gasteiger partial charge is 0.305 e. The molecular weight excluding hydrogens is 308 g/mol. The Morgan fingerprint density at radius 1 is 1.30 bits per heavy atom. The lowest BCUT2D eigenvalue weighted by Gasteiger charge is -2.19. The quantitative estimate of drug-likeness (QED) is 0.615. The van der Waals surface area contributed by atoms with E-state index in [9.17, 15) is 4.79 Å². The summed E-state index contributed by atoms with van der Waals surface area (Å²) in [7, 11) is 1.45. The Balaban J connectivity index is 1.60. The van der Waals surface area contributed by atoms with Crippen molar-refractivity contribution in [2.45, 2.75) is 32.2 Å². The van der Waals surface area contributed by atoms with Gasteiger partial charge in [-0.05, 0) is 24.8 Å². The van der Waals surface area contributed by atoms with Gasteiger partial charge in [0.2, 0.25) is 0 Å². The first-order chi connectivity index (χ1) is 11.3. The first-order valence-electron chi connectivity index (χ1n) is 7.98. The number of anilines is 2. The molecule has 122 valence electrons. The summed E-state index contributed by atoms with van der Waals surface area (Å²) in [5.41, 5.74) is 3.91. The SMILES string of the molecule is COC(=O)CCCCc1scc2c1N(Cc1ccccc1)CN2. The number of nitrogens with zero attached hydrogens (tertiary/aromatic N) is 1. The third-order valence-electron chi connectivity index (χ3n) is 4.09. The molecule has 2 aromatic rings. The number of aryl methyl sites for hydroxylation is 1. The molecule has 0 saturated heterocycles. The van der Waals surface area contributed by atoms with Crippen LogP contribution < -0.4 is 10.2 Å². The molecule has 1 aromatic heterocycles. The highest BCUT2D eigenvalue weighted by Gasteiger charge is 2.23. The second kappa shape index (κ2) is 7.51. The summed E-state index contributed by atoms with van der Waals surface area (Å²) in [6, 6.07) is 10.6. The molecule has 2 heterocycles. The van der Waals surface area contributed by atoms with E-state index in [4.69, 9.17) is 4.74 Å². The van der Waals surface area contributed by atoms with Gasteiger partial charge in [-0.3, -0.25) is 4.79 Å². The zero-order valence-corrected chi connectivity index (χ0v) is 14.2. The summed E-state index contributed by atoms with van der Waals surface area (Å²) in [6.45, 7) is 1.79. The fraction of sp³-hybridized carbons (Fsp3) is 0.389.